The van der Waals surface area contributed by atoms with E-state index >= 15 is 0 Å². The molecule has 0 aromatic heterocycles. The molecule has 2 aromatic carbocycles. The molecule has 0 radical (unpaired) electrons. The molecule has 1 atom stereocenters. The van der Waals surface area contributed by atoms with Crippen molar-refractivity contribution in [2.24, 2.45) is 5.84 Å². The number of nitrogens with one attached hydrogen (secondary N) is 1. The van der Waals surface area contributed by atoms with Gasteiger partial charge in [-0.2, -0.15) is 0 Å². The lowest BCUT2D eigenvalue weighted by Crippen LogP contribution is -2.29. The number of rotatable bonds is 5. The quantitative estimate of drug-likeness (QED) is 0.646. The first-order valence-electron chi connectivity index (χ1n) is 6.28. The maximum Gasteiger partial charge on any atom is 0.137 e. The number of hydrazine groups is 1. The van der Waals surface area contributed by atoms with Gasteiger partial charge in [0.15, 0.2) is 0 Å². The second-order valence-electron chi connectivity index (χ2n) is 4.55. The summed E-state index contributed by atoms with van der Waals surface area (Å²) in [5.74, 6) is 5.82. The van der Waals surface area contributed by atoms with Crippen LogP contribution in [0.15, 0.2) is 36.4 Å². The number of hydrogen-bond acceptors (Lipinski definition) is 3. The number of nitrogens with two attached hydrogens (primary N) is 1. The monoisotopic (exact) mass is 328 g/mol. The summed E-state index contributed by atoms with van der Waals surface area (Å²) in [5.41, 5.74) is 4.43. The van der Waals surface area contributed by atoms with Crippen molar-refractivity contribution < 1.29 is 9.13 Å². The Bertz CT molecular complexity index is 637. The van der Waals surface area contributed by atoms with Crippen LogP contribution in [-0.4, -0.2) is 7.11 Å². The van der Waals surface area contributed by atoms with E-state index in [2.05, 4.69) is 5.43 Å². The molecule has 3 nitrogen and oxygen atoms in total. The maximum absolute atomic E-state index is 13.1. The van der Waals surface area contributed by atoms with Gasteiger partial charge < -0.3 is 4.74 Å². The number of benzene rings is 2. The number of methoxy groups -OCH3 is 1. The third-order valence-corrected chi connectivity index (χ3v) is 3.88. The Morgan fingerprint density at radius 1 is 1.19 bits per heavy atom. The van der Waals surface area contributed by atoms with Gasteiger partial charge in [-0.05, 0) is 41.8 Å². The summed E-state index contributed by atoms with van der Waals surface area (Å²) < 4.78 is 18.3. The van der Waals surface area contributed by atoms with Crippen LogP contribution in [0.1, 0.15) is 17.2 Å². The molecule has 3 N–H and O–H groups in total. The fourth-order valence-corrected chi connectivity index (χ4v) is 2.51. The molecule has 0 fully saturated rings. The van der Waals surface area contributed by atoms with E-state index in [0.717, 1.165) is 11.1 Å². The van der Waals surface area contributed by atoms with Crippen molar-refractivity contribution in [3.05, 3.63) is 63.4 Å². The first-order valence-corrected chi connectivity index (χ1v) is 7.04. The molecule has 0 aliphatic heterocycles. The van der Waals surface area contributed by atoms with Crippen molar-refractivity contribution in [1.82, 2.24) is 5.43 Å². The lowest BCUT2D eigenvalue weighted by Gasteiger charge is -2.18. The van der Waals surface area contributed by atoms with E-state index in [9.17, 15) is 4.39 Å². The summed E-state index contributed by atoms with van der Waals surface area (Å²) in [6, 6.07) is 9.52. The zero-order chi connectivity index (χ0) is 15.4. The van der Waals surface area contributed by atoms with E-state index in [1.807, 2.05) is 12.1 Å². The van der Waals surface area contributed by atoms with E-state index in [1.54, 1.807) is 19.2 Å². The Labute approximate surface area is 132 Å². The maximum atomic E-state index is 13.1. The molecular weight excluding hydrogens is 314 g/mol. The summed E-state index contributed by atoms with van der Waals surface area (Å²) in [4.78, 5) is 0. The lowest BCUT2D eigenvalue weighted by molar-refractivity contribution is 0.413. The first-order chi connectivity index (χ1) is 10.0. The SMILES string of the molecule is COc1cc(C(Cc2ccc(F)cc2Cl)NN)ccc1Cl. The molecule has 0 aliphatic rings. The molecule has 0 amide bonds. The molecule has 0 saturated carbocycles. The third kappa shape index (κ3) is 3.86. The summed E-state index contributed by atoms with van der Waals surface area (Å²) in [6.07, 6.45) is 0.514. The molecule has 0 saturated heterocycles. The smallest absolute Gasteiger partial charge is 0.137 e. The minimum atomic E-state index is -0.367. The second-order valence-corrected chi connectivity index (χ2v) is 5.37. The highest BCUT2D eigenvalue weighted by molar-refractivity contribution is 6.32. The molecule has 0 heterocycles. The Morgan fingerprint density at radius 2 is 1.95 bits per heavy atom. The molecule has 2 aromatic rings. The molecule has 0 spiro atoms. The fraction of sp³-hybridized carbons (Fsp3) is 0.200. The van der Waals surface area contributed by atoms with Gasteiger partial charge in [-0.15, -0.1) is 0 Å². The van der Waals surface area contributed by atoms with E-state index in [-0.39, 0.29) is 11.9 Å². The highest BCUT2D eigenvalue weighted by atomic mass is 35.5. The van der Waals surface area contributed by atoms with Gasteiger partial charge in [-0.1, -0.05) is 35.3 Å². The van der Waals surface area contributed by atoms with Crippen LogP contribution < -0.4 is 16.0 Å². The minimum Gasteiger partial charge on any atom is -0.495 e. The van der Waals surface area contributed by atoms with Gasteiger partial charge in [-0.3, -0.25) is 11.3 Å². The normalized spacial score (nSPS) is 12.2. The Balaban J connectivity index is 2.27. The van der Waals surface area contributed by atoms with Crippen molar-refractivity contribution in [2.75, 3.05) is 7.11 Å². The predicted octanol–water partition coefficient (Wildman–Crippen LogP) is 3.89. The van der Waals surface area contributed by atoms with Crippen molar-refractivity contribution in [3.8, 4) is 5.75 Å². The standard InChI is InChI=1S/C15H15Cl2FN2O/c1-21-15-7-10(3-5-12(15)16)14(20-19)6-9-2-4-11(18)8-13(9)17/h2-5,7-8,14,20H,6,19H2,1H3. The van der Waals surface area contributed by atoms with E-state index in [1.165, 1.54) is 12.1 Å². The Hall–Kier alpha value is -1.33. The third-order valence-electron chi connectivity index (χ3n) is 3.22. The highest BCUT2D eigenvalue weighted by Gasteiger charge is 2.15. The van der Waals surface area contributed by atoms with Crippen LogP contribution in [0.25, 0.3) is 0 Å². The van der Waals surface area contributed by atoms with Gasteiger partial charge in [0.25, 0.3) is 0 Å². The molecule has 1 unspecified atom stereocenters. The van der Waals surface area contributed by atoms with Gasteiger partial charge >= 0.3 is 0 Å². The fourth-order valence-electron chi connectivity index (χ4n) is 2.07. The lowest BCUT2D eigenvalue weighted by atomic mass is 9.99. The van der Waals surface area contributed by atoms with Crippen molar-refractivity contribution in [3.63, 3.8) is 0 Å². The largest absolute Gasteiger partial charge is 0.495 e. The summed E-state index contributed by atoms with van der Waals surface area (Å²) >= 11 is 12.1. The second kappa shape index (κ2) is 7.09. The molecule has 2 rings (SSSR count). The van der Waals surface area contributed by atoms with Crippen LogP contribution >= 0.6 is 23.2 Å². The van der Waals surface area contributed by atoms with E-state index in [0.29, 0.717) is 22.2 Å². The van der Waals surface area contributed by atoms with Crippen LogP contribution in [-0.2, 0) is 6.42 Å². The molecule has 6 heteroatoms. The van der Waals surface area contributed by atoms with Gasteiger partial charge in [0, 0.05) is 5.02 Å². The number of ether oxygens (including phenoxy) is 1. The van der Waals surface area contributed by atoms with Gasteiger partial charge in [-0.25, -0.2) is 4.39 Å². The highest BCUT2D eigenvalue weighted by Crippen LogP contribution is 2.30. The first kappa shape index (κ1) is 16.0. The zero-order valence-electron chi connectivity index (χ0n) is 11.4. The van der Waals surface area contributed by atoms with Crippen LogP contribution in [0.3, 0.4) is 0 Å². The van der Waals surface area contributed by atoms with Gasteiger partial charge in [0.1, 0.15) is 11.6 Å². The van der Waals surface area contributed by atoms with Crippen LogP contribution in [0.4, 0.5) is 4.39 Å². The number of halogens is 3. The predicted molar refractivity (Wildman–Crippen MR) is 83.2 cm³/mol. The summed E-state index contributed by atoms with van der Waals surface area (Å²) in [5, 5.41) is 0.896. The molecule has 0 bridgehead atoms. The molecule has 21 heavy (non-hydrogen) atoms. The van der Waals surface area contributed by atoms with Gasteiger partial charge in [0.05, 0.1) is 18.2 Å². The Kier molecular flexibility index (Phi) is 5.42. The molecule has 112 valence electrons. The van der Waals surface area contributed by atoms with Crippen molar-refractivity contribution in [1.29, 1.82) is 0 Å². The van der Waals surface area contributed by atoms with Crippen LogP contribution in [0.2, 0.25) is 10.0 Å². The van der Waals surface area contributed by atoms with E-state index < -0.39 is 0 Å². The summed E-state index contributed by atoms with van der Waals surface area (Å²) in [6.45, 7) is 0. The van der Waals surface area contributed by atoms with Crippen LogP contribution in [0, 0.1) is 5.82 Å². The minimum absolute atomic E-state index is 0.195. The molecule has 0 aliphatic carbocycles. The average Bonchev–Trinajstić information content (AvgIpc) is 2.47. The van der Waals surface area contributed by atoms with Gasteiger partial charge in [0.2, 0.25) is 0 Å². The topological polar surface area (TPSA) is 47.3 Å². The van der Waals surface area contributed by atoms with Crippen molar-refractivity contribution >= 4 is 23.2 Å². The Morgan fingerprint density at radius 3 is 2.57 bits per heavy atom. The van der Waals surface area contributed by atoms with Crippen molar-refractivity contribution in [2.45, 2.75) is 12.5 Å². The molecular formula is C15H15Cl2FN2O. The number of hydrogen-bond donors (Lipinski definition) is 2. The zero-order valence-corrected chi connectivity index (χ0v) is 12.9. The van der Waals surface area contributed by atoms with Crippen LogP contribution in [0.5, 0.6) is 5.75 Å². The van der Waals surface area contributed by atoms with E-state index in [4.69, 9.17) is 33.8 Å². The summed E-state index contributed by atoms with van der Waals surface area (Å²) in [7, 11) is 1.55. The average molecular weight is 329 g/mol.